The van der Waals surface area contributed by atoms with E-state index in [2.05, 4.69) is 5.32 Å². The van der Waals surface area contributed by atoms with E-state index in [1.807, 2.05) is 13.8 Å². The predicted octanol–water partition coefficient (Wildman–Crippen LogP) is 0.798. The second-order valence-electron chi connectivity index (χ2n) is 4.54. The molecule has 0 aromatic rings. The fourth-order valence-electron chi connectivity index (χ4n) is 1.76. The Morgan fingerprint density at radius 3 is 2.53 bits per heavy atom. The summed E-state index contributed by atoms with van der Waals surface area (Å²) in [5.41, 5.74) is 0. The van der Waals surface area contributed by atoms with Crippen molar-refractivity contribution in [2.45, 2.75) is 45.2 Å². The van der Waals surface area contributed by atoms with Crippen molar-refractivity contribution in [1.82, 2.24) is 9.62 Å². The zero-order chi connectivity index (χ0) is 11.5. The van der Waals surface area contributed by atoms with Crippen molar-refractivity contribution in [1.29, 1.82) is 0 Å². The van der Waals surface area contributed by atoms with E-state index in [0.717, 1.165) is 25.8 Å². The second-order valence-corrected chi connectivity index (χ2v) is 6.61. The molecule has 5 heteroatoms. The zero-order valence-corrected chi connectivity index (χ0v) is 10.7. The van der Waals surface area contributed by atoms with Crippen LogP contribution < -0.4 is 5.32 Å². The Hall–Kier alpha value is -0.130. The highest BCUT2D eigenvalue weighted by atomic mass is 32.2. The molecule has 0 bridgehead atoms. The Morgan fingerprint density at radius 1 is 1.40 bits per heavy atom. The van der Waals surface area contributed by atoms with Crippen molar-refractivity contribution in [2.24, 2.45) is 0 Å². The molecular weight excluding hydrogens is 212 g/mol. The molecule has 0 aromatic heterocycles. The van der Waals surface area contributed by atoms with Gasteiger partial charge in [0.15, 0.2) is 0 Å². The highest BCUT2D eigenvalue weighted by Crippen LogP contribution is 2.12. The highest BCUT2D eigenvalue weighted by Gasteiger charge is 2.25. The van der Waals surface area contributed by atoms with E-state index in [0.29, 0.717) is 0 Å². The van der Waals surface area contributed by atoms with Crippen LogP contribution in [0, 0.1) is 0 Å². The molecule has 0 radical (unpaired) electrons. The monoisotopic (exact) mass is 234 g/mol. The maximum atomic E-state index is 11.9. The van der Waals surface area contributed by atoms with E-state index in [9.17, 15) is 8.42 Å². The van der Waals surface area contributed by atoms with Crippen molar-refractivity contribution in [2.75, 3.05) is 19.3 Å². The summed E-state index contributed by atoms with van der Waals surface area (Å²) < 4.78 is 25.3. The minimum absolute atomic E-state index is 0.0404. The van der Waals surface area contributed by atoms with Gasteiger partial charge in [0.05, 0.1) is 5.75 Å². The van der Waals surface area contributed by atoms with Crippen LogP contribution in [0.2, 0.25) is 0 Å². The third-order valence-corrected chi connectivity index (χ3v) is 5.11. The lowest BCUT2D eigenvalue weighted by atomic mass is 10.1. The largest absolute Gasteiger partial charge is 0.313 e. The highest BCUT2D eigenvalue weighted by molar-refractivity contribution is 7.89. The summed E-state index contributed by atoms with van der Waals surface area (Å²) in [7, 11) is -1.43. The molecule has 1 aliphatic rings. The van der Waals surface area contributed by atoms with Gasteiger partial charge in [-0.25, -0.2) is 12.7 Å². The molecule has 90 valence electrons. The van der Waals surface area contributed by atoms with E-state index in [1.54, 1.807) is 7.05 Å². The molecule has 1 aliphatic heterocycles. The van der Waals surface area contributed by atoms with Crippen LogP contribution in [0.5, 0.6) is 0 Å². The molecule has 4 nitrogen and oxygen atoms in total. The predicted molar refractivity (Wildman–Crippen MR) is 62.3 cm³/mol. The maximum absolute atomic E-state index is 11.9. The van der Waals surface area contributed by atoms with Crippen LogP contribution in [0.15, 0.2) is 0 Å². The van der Waals surface area contributed by atoms with E-state index in [4.69, 9.17) is 0 Å². The minimum atomic E-state index is -3.09. The summed E-state index contributed by atoms with van der Waals surface area (Å²) in [4.78, 5) is 0. The molecule has 15 heavy (non-hydrogen) atoms. The van der Waals surface area contributed by atoms with Gasteiger partial charge in [-0.2, -0.15) is 0 Å². The van der Waals surface area contributed by atoms with Gasteiger partial charge in [0, 0.05) is 19.1 Å². The van der Waals surface area contributed by atoms with Gasteiger partial charge in [0.25, 0.3) is 0 Å². The molecule has 1 fully saturated rings. The van der Waals surface area contributed by atoms with Crippen LogP contribution in [0.1, 0.15) is 33.1 Å². The first-order valence-electron chi connectivity index (χ1n) is 5.62. The fraction of sp³-hybridized carbons (Fsp3) is 1.00. The number of hydrogen-bond acceptors (Lipinski definition) is 3. The molecule has 0 amide bonds. The third kappa shape index (κ3) is 3.74. The van der Waals surface area contributed by atoms with Gasteiger partial charge in [-0.3, -0.25) is 0 Å². The van der Waals surface area contributed by atoms with Crippen LogP contribution in [0.3, 0.4) is 0 Å². The number of hydrogen-bond donors (Lipinski definition) is 1. The van der Waals surface area contributed by atoms with Crippen molar-refractivity contribution in [3.8, 4) is 0 Å². The van der Waals surface area contributed by atoms with Crippen LogP contribution in [0.25, 0.3) is 0 Å². The smallest absolute Gasteiger partial charge is 0.215 e. The number of rotatable bonds is 4. The van der Waals surface area contributed by atoms with Gasteiger partial charge in [-0.1, -0.05) is 6.42 Å². The Bertz CT molecular complexity index is 282. The van der Waals surface area contributed by atoms with E-state index in [-0.39, 0.29) is 17.8 Å². The van der Waals surface area contributed by atoms with E-state index >= 15 is 0 Å². The van der Waals surface area contributed by atoms with Gasteiger partial charge < -0.3 is 5.32 Å². The van der Waals surface area contributed by atoms with E-state index < -0.39 is 10.0 Å². The van der Waals surface area contributed by atoms with Crippen molar-refractivity contribution >= 4 is 10.0 Å². The molecule has 1 rings (SSSR count). The molecule has 0 saturated carbocycles. The lowest BCUT2D eigenvalue weighted by molar-refractivity contribution is 0.387. The van der Waals surface area contributed by atoms with Crippen LogP contribution in [-0.4, -0.2) is 44.2 Å². The first-order chi connectivity index (χ1) is 6.93. The van der Waals surface area contributed by atoms with Gasteiger partial charge in [-0.05, 0) is 33.2 Å². The standard InChI is InChI=1S/C10H22N2O2S/c1-9(2)12(3)15(13,14)8-10-6-4-5-7-11-10/h9-11H,4-8H2,1-3H3. The Kier molecular flexibility index (Phi) is 4.55. The summed E-state index contributed by atoms with van der Waals surface area (Å²) in [5, 5.41) is 3.26. The number of piperidine rings is 1. The SMILES string of the molecule is CC(C)N(C)S(=O)(=O)CC1CCCCN1. The Balaban J connectivity index is 2.55. The van der Waals surface area contributed by atoms with Crippen molar-refractivity contribution < 1.29 is 8.42 Å². The molecule has 0 spiro atoms. The molecule has 0 aromatic carbocycles. The minimum Gasteiger partial charge on any atom is -0.313 e. The third-order valence-electron chi connectivity index (χ3n) is 2.99. The average molecular weight is 234 g/mol. The van der Waals surface area contributed by atoms with Crippen molar-refractivity contribution in [3.05, 3.63) is 0 Å². The van der Waals surface area contributed by atoms with Crippen molar-refractivity contribution in [3.63, 3.8) is 0 Å². The van der Waals surface area contributed by atoms with E-state index in [1.165, 1.54) is 4.31 Å². The molecule has 0 aliphatic carbocycles. The summed E-state index contributed by atoms with van der Waals surface area (Å²) in [6, 6.07) is 0.184. The fourth-order valence-corrected chi connectivity index (χ4v) is 3.43. The number of nitrogens with zero attached hydrogens (tertiary/aromatic N) is 1. The molecule has 1 atom stereocenters. The molecule has 1 N–H and O–H groups in total. The second kappa shape index (κ2) is 5.27. The molecule has 1 heterocycles. The first-order valence-corrected chi connectivity index (χ1v) is 7.23. The molecule has 1 saturated heterocycles. The quantitative estimate of drug-likeness (QED) is 0.783. The Morgan fingerprint density at radius 2 is 2.07 bits per heavy atom. The lowest BCUT2D eigenvalue weighted by Gasteiger charge is -2.27. The number of nitrogens with one attached hydrogen (secondary N) is 1. The Labute approximate surface area is 93.1 Å². The summed E-state index contributed by atoms with van der Waals surface area (Å²) in [6.07, 6.45) is 3.28. The van der Waals surface area contributed by atoms with Gasteiger partial charge in [0.2, 0.25) is 10.0 Å². The van der Waals surface area contributed by atoms with Crippen LogP contribution in [0.4, 0.5) is 0 Å². The average Bonchev–Trinajstić information content (AvgIpc) is 2.17. The normalized spacial score (nSPS) is 23.7. The van der Waals surface area contributed by atoms with Crippen LogP contribution >= 0.6 is 0 Å². The first kappa shape index (κ1) is 12.9. The zero-order valence-electron chi connectivity index (χ0n) is 9.86. The summed E-state index contributed by atoms with van der Waals surface area (Å²) >= 11 is 0. The van der Waals surface area contributed by atoms with Gasteiger partial charge >= 0.3 is 0 Å². The summed E-state index contributed by atoms with van der Waals surface area (Å²) in [6.45, 7) is 4.74. The number of sulfonamides is 1. The molecule has 1 unspecified atom stereocenters. The molecular formula is C10H22N2O2S. The topological polar surface area (TPSA) is 49.4 Å². The van der Waals surface area contributed by atoms with Gasteiger partial charge in [-0.15, -0.1) is 0 Å². The van der Waals surface area contributed by atoms with Crippen LogP contribution in [-0.2, 0) is 10.0 Å². The summed E-state index contributed by atoms with van der Waals surface area (Å²) in [5.74, 6) is 0.238. The lowest BCUT2D eigenvalue weighted by Crippen LogP contribution is -2.44. The van der Waals surface area contributed by atoms with Gasteiger partial charge in [0.1, 0.15) is 0 Å². The maximum Gasteiger partial charge on any atom is 0.215 e.